The van der Waals surface area contributed by atoms with Gasteiger partial charge in [0.25, 0.3) is 0 Å². The third kappa shape index (κ3) is 3.98. The van der Waals surface area contributed by atoms with Gasteiger partial charge in [0.1, 0.15) is 0 Å². The zero-order valence-electron chi connectivity index (χ0n) is 10.5. The summed E-state index contributed by atoms with van der Waals surface area (Å²) in [5, 5.41) is 0. The Morgan fingerprint density at radius 3 is 2.39 bits per heavy atom. The minimum absolute atomic E-state index is 0. The summed E-state index contributed by atoms with van der Waals surface area (Å²) in [6, 6.07) is 8.51. The zero-order valence-corrected chi connectivity index (χ0v) is 13.5. The van der Waals surface area contributed by atoms with Crippen molar-refractivity contribution in [1.29, 1.82) is 0 Å². The van der Waals surface area contributed by atoms with Crippen LogP contribution in [-0.2, 0) is 30.7 Å². The fourth-order valence-corrected chi connectivity index (χ4v) is 2.49. The van der Waals surface area contributed by atoms with E-state index in [1.807, 2.05) is 0 Å². The third-order valence-electron chi connectivity index (χ3n) is 2.96. The Balaban J connectivity index is 0.00000144. The van der Waals surface area contributed by atoms with E-state index in [1.54, 1.807) is 20.8 Å². The van der Waals surface area contributed by atoms with E-state index in [0.29, 0.717) is 6.61 Å². The average Bonchev–Trinajstić information content (AvgIpc) is 2.59. The van der Waals surface area contributed by atoms with Crippen LogP contribution in [0.25, 0.3) is 5.57 Å². The van der Waals surface area contributed by atoms with Gasteiger partial charge in [0.15, 0.2) is 0 Å². The number of allylic oxidation sites excluding steroid dienone is 4. The fourth-order valence-electron chi connectivity index (χ4n) is 2.25. The molecule has 0 N–H and O–H groups in total. The molecule has 1 aliphatic rings. The molecule has 0 saturated carbocycles. The van der Waals surface area contributed by atoms with Crippen LogP contribution in [-0.4, -0.2) is 0 Å². The van der Waals surface area contributed by atoms with E-state index < -0.39 is 0 Å². The van der Waals surface area contributed by atoms with Gasteiger partial charge in [-0.1, -0.05) is 0 Å². The molecule has 1 aromatic rings. The van der Waals surface area contributed by atoms with Gasteiger partial charge in [0, 0.05) is 0 Å². The van der Waals surface area contributed by atoms with Crippen LogP contribution in [0, 0.1) is 0 Å². The molecule has 0 amide bonds. The SMILES string of the molecule is CC1=CC(C)=C(c2ccccc2C[O][Ti+2])C1.[Cl-].[Cl-]. The van der Waals surface area contributed by atoms with E-state index in [-0.39, 0.29) is 24.8 Å². The molecule has 0 radical (unpaired) electrons. The molecule has 18 heavy (non-hydrogen) atoms. The van der Waals surface area contributed by atoms with Crippen molar-refractivity contribution >= 4 is 5.57 Å². The molecule has 1 aliphatic carbocycles. The predicted molar refractivity (Wildman–Crippen MR) is 62.2 cm³/mol. The van der Waals surface area contributed by atoms with Crippen LogP contribution in [0.2, 0.25) is 0 Å². The van der Waals surface area contributed by atoms with Gasteiger partial charge in [-0.05, 0) is 0 Å². The number of halogens is 2. The van der Waals surface area contributed by atoms with Crippen LogP contribution in [0.1, 0.15) is 31.4 Å². The summed E-state index contributed by atoms with van der Waals surface area (Å²) in [6.45, 7) is 5.07. The topological polar surface area (TPSA) is 9.23 Å². The number of benzene rings is 1. The molecule has 0 atom stereocenters. The van der Waals surface area contributed by atoms with Gasteiger partial charge in [-0.25, -0.2) is 0 Å². The smallest absolute Gasteiger partial charge is 1.00 e. The molecule has 0 unspecified atom stereocenters. The Morgan fingerprint density at radius 2 is 1.83 bits per heavy atom. The number of hydrogen-bond donors (Lipinski definition) is 0. The average molecular weight is 318 g/mol. The van der Waals surface area contributed by atoms with Gasteiger partial charge < -0.3 is 24.8 Å². The fraction of sp³-hybridized carbons (Fsp3) is 0.286. The maximum atomic E-state index is 5.25. The Hall–Kier alpha value is -0.0457. The van der Waals surface area contributed by atoms with Gasteiger partial charge in [-0.15, -0.1) is 0 Å². The monoisotopic (exact) mass is 317 g/mol. The summed E-state index contributed by atoms with van der Waals surface area (Å²) >= 11 is 1.75. The molecule has 0 saturated heterocycles. The van der Waals surface area contributed by atoms with Gasteiger partial charge in [-0.2, -0.15) is 0 Å². The summed E-state index contributed by atoms with van der Waals surface area (Å²) in [4.78, 5) is 0. The number of rotatable bonds is 3. The number of hydrogen-bond acceptors (Lipinski definition) is 1. The minimum Gasteiger partial charge on any atom is -1.00 e. The van der Waals surface area contributed by atoms with Crippen molar-refractivity contribution in [2.75, 3.05) is 0 Å². The van der Waals surface area contributed by atoms with Crippen LogP contribution >= 0.6 is 0 Å². The summed E-state index contributed by atoms with van der Waals surface area (Å²) in [7, 11) is 0. The second-order valence-corrected chi connectivity index (χ2v) is 4.73. The van der Waals surface area contributed by atoms with Gasteiger partial charge in [0.05, 0.1) is 0 Å². The summed E-state index contributed by atoms with van der Waals surface area (Å²) in [6.07, 6.45) is 3.35. The Bertz CT molecular complexity index is 467. The molecular weight excluding hydrogens is 303 g/mol. The maximum Gasteiger partial charge on any atom is -1.00 e. The van der Waals surface area contributed by atoms with E-state index in [2.05, 4.69) is 44.2 Å². The molecular formula is C14H15Cl2OTi. The molecule has 0 spiro atoms. The maximum absolute atomic E-state index is 5.25. The first-order valence-electron chi connectivity index (χ1n) is 5.46. The molecule has 0 aliphatic heterocycles. The molecule has 0 fully saturated rings. The minimum atomic E-state index is 0. The van der Waals surface area contributed by atoms with Crippen LogP contribution in [0.4, 0.5) is 0 Å². The molecule has 2 rings (SSSR count). The van der Waals surface area contributed by atoms with E-state index in [1.165, 1.54) is 27.8 Å². The van der Waals surface area contributed by atoms with Crippen LogP contribution < -0.4 is 24.8 Å². The second kappa shape index (κ2) is 8.19. The van der Waals surface area contributed by atoms with Crippen molar-refractivity contribution in [3.63, 3.8) is 0 Å². The summed E-state index contributed by atoms with van der Waals surface area (Å²) in [5.41, 5.74) is 6.91. The summed E-state index contributed by atoms with van der Waals surface area (Å²) < 4.78 is 5.25. The van der Waals surface area contributed by atoms with E-state index in [4.69, 9.17) is 3.32 Å². The molecule has 1 nitrogen and oxygen atoms in total. The van der Waals surface area contributed by atoms with Crippen molar-refractivity contribution < 1.29 is 49.0 Å². The molecule has 0 bridgehead atoms. The van der Waals surface area contributed by atoms with Crippen LogP contribution in [0.3, 0.4) is 0 Å². The second-order valence-electron chi connectivity index (χ2n) is 4.27. The van der Waals surface area contributed by atoms with Crippen molar-refractivity contribution in [1.82, 2.24) is 0 Å². The quantitative estimate of drug-likeness (QED) is 0.575. The largest absolute Gasteiger partial charge is 1.00 e. The normalized spacial score (nSPS) is 13.9. The summed E-state index contributed by atoms with van der Waals surface area (Å²) in [5.74, 6) is 0. The predicted octanol–water partition coefficient (Wildman–Crippen LogP) is -2.20. The Morgan fingerprint density at radius 1 is 1.17 bits per heavy atom. The van der Waals surface area contributed by atoms with Gasteiger partial charge in [-0.3, -0.25) is 0 Å². The van der Waals surface area contributed by atoms with E-state index in [9.17, 15) is 0 Å². The van der Waals surface area contributed by atoms with Gasteiger partial charge in [0.2, 0.25) is 0 Å². The van der Waals surface area contributed by atoms with Crippen LogP contribution in [0.5, 0.6) is 0 Å². The first-order chi connectivity index (χ1) is 7.72. The van der Waals surface area contributed by atoms with E-state index >= 15 is 0 Å². The van der Waals surface area contributed by atoms with Crippen molar-refractivity contribution in [2.24, 2.45) is 0 Å². The van der Waals surface area contributed by atoms with Crippen LogP contribution in [0.15, 0.2) is 41.5 Å². The van der Waals surface area contributed by atoms with E-state index in [0.717, 1.165) is 6.42 Å². The van der Waals surface area contributed by atoms with Crippen molar-refractivity contribution in [2.45, 2.75) is 26.9 Å². The first kappa shape index (κ1) is 18.0. The molecule has 4 heteroatoms. The zero-order chi connectivity index (χ0) is 11.5. The standard InChI is InChI=1S/C14H15O.2ClH.Ti/c1-10-7-11(2)14(8-10)13-6-4-3-5-12(13)9-15;;;/h3-7H,8-9H2,1-2H3;2*1H;/q-1;;;+3/p-2. The van der Waals surface area contributed by atoms with Gasteiger partial charge >= 0.3 is 109 Å². The third-order valence-corrected chi connectivity index (χ3v) is 3.19. The van der Waals surface area contributed by atoms with Crippen molar-refractivity contribution in [3.05, 3.63) is 52.6 Å². The first-order valence-corrected chi connectivity index (χ1v) is 6.10. The molecule has 1 aromatic carbocycles. The molecule has 0 aromatic heterocycles. The van der Waals surface area contributed by atoms with Crippen molar-refractivity contribution in [3.8, 4) is 0 Å². The Kier molecular flexibility index (Phi) is 8.17. The molecule has 0 heterocycles. The Labute approximate surface area is 133 Å². The molecule has 95 valence electrons.